The fourth-order valence-electron chi connectivity index (χ4n) is 2.13. The molecule has 0 aromatic heterocycles. The van der Waals surface area contributed by atoms with Crippen molar-refractivity contribution in [2.75, 3.05) is 13.2 Å². The Bertz CT molecular complexity index is 523. The molecule has 1 saturated heterocycles. The summed E-state index contributed by atoms with van der Waals surface area (Å²) in [6.45, 7) is 4.98. The van der Waals surface area contributed by atoms with Crippen LogP contribution in [-0.4, -0.2) is 38.7 Å². The number of hydrogen-bond acceptors (Lipinski definition) is 4. The smallest absolute Gasteiger partial charge is 0.286 e. The zero-order chi connectivity index (χ0) is 14.7. The zero-order valence-corrected chi connectivity index (χ0v) is 12.3. The maximum Gasteiger partial charge on any atom is 0.286 e. The Morgan fingerprint density at radius 1 is 1.40 bits per heavy atom. The van der Waals surface area contributed by atoms with Gasteiger partial charge in [-0.25, -0.2) is 8.51 Å². The molecular weight excluding hydrogens is 280 g/mol. The summed E-state index contributed by atoms with van der Waals surface area (Å²) in [5, 5.41) is 11.0. The Morgan fingerprint density at radius 2 is 2.10 bits per heavy atom. The summed E-state index contributed by atoms with van der Waals surface area (Å²) in [7, 11) is -1.55. The van der Waals surface area contributed by atoms with Crippen molar-refractivity contribution in [3.05, 3.63) is 34.4 Å². The fourth-order valence-corrected chi connectivity index (χ4v) is 3.56. The van der Waals surface area contributed by atoms with E-state index in [4.69, 9.17) is 4.74 Å². The molecule has 1 fully saturated rings. The molecule has 0 radical (unpaired) electrons. The lowest BCUT2D eigenvalue weighted by molar-refractivity contribution is -0.387. The molecule has 2 unspecified atom stereocenters. The van der Waals surface area contributed by atoms with Crippen molar-refractivity contribution >= 4 is 16.7 Å². The maximum atomic E-state index is 12.7. The van der Waals surface area contributed by atoms with Crippen molar-refractivity contribution in [3.8, 4) is 0 Å². The first-order valence-corrected chi connectivity index (χ1v) is 7.65. The molecule has 0 aliphatic carbocycles. The second kappa shape index (κ2) is 6.43. The number of hydrogen-bond donors (Lipinski definition) is 0. The predicted octanol–water partition coefficient (Wildman–Crippen LogP) is 2.12. The minimum Gasteiger partial charge on any atom is -0.377 e. The summed E-state index contributed by atoms with van der Waals surface area (Å²) >= 11 is 0. The normalized spacial score (nSPS) is 25.9. The number of ether oxygens (including phenoxy) is 1. The van der Waals surface area contributed by atoms with E-state index in [1.54, 1.807) is 22.5 Å². The van der Waals surface area contributed by atoms with Crippen molar-refractivity contribution in [2.24, 2.45) is 0 Å². The third kappa shape index (κ3) is 3.23. The summed E-state index contributed by atoms with van der Waals surface area (Å²) in [5.41, 5.74) is -0.101. The van der Waals surface area contributed by atoms with Gasteiger partial charge < -0.3 is 4.74 Å². The molecule has 0 spiro atoms. The number of rotatable bonds is 3. The van der Waals surface area contributed by atoms with E-state index in [1.807, 2.05) is 13.8 Å². The number of nitro benzene ring substituents is 1. The van der Waals surface area contributed by atoms with Crippen LogP contribution in [0.5, 0.6) is 0 Å². The van der Waals surface area contributed by atoms with Gasteiger partial charge in [-0.05, 0) is 26.3 Å². The van der Waals surface area contributed by atoms with Gasteiger partial charge in [0, 0.05) is 18.7 Å². The Morgan fingerprint density at radius 3 is 2.80 bits per heavy atom. The van der Waals surface area contributed by atoms with Gasteiger partial charge in [-0.15, -0.1) is 0 Å². The third-order valence-corrected chi connectivity index (χ3v) is 5.02. The van der Waals surface area contributed by atoms with Crippen LogP contribution in [0.1, 0.15) is 20.3 Å². The number of benzene rings is 1. The molecule has 0 N–H and O–H groups in total. The van der Waals surface area contributed by atoms with Gasteiger partial charge in [-0.3, -0.25) is 10.1 Å². The van der Waals surface area contributed by atoms with Crippen LogP contribution in [0.2, 0.25) is 0 Å². The molecule has 1 heterocycles. The van der Waals surface area contributed by atoms with Crippen LogP contribution in [0.3, 0.4) is 0 Å². The van der Waals surface area contributed by atoms with Crippen molar-refractivity contribution in [1.82, 2.24) is 4.31 Å². The zero-order valence-electron chi connectivity index (χ0n) is 11.5. The monoisotopic (exact) mass is 298 g/mol. The van der Waals surface area contributed by atoms with E-state index in [0.717, 1.165) is 6.42 Å². The second-order valence-corrected chi connectivity index (χ2v) is 6.30. The largest absolute Gasteiger partial charge is 0.377 e. The van der Waals surface area contributed by atoms with E-state index in [0.29, 0.717) is 13.2 Å². The van der Waals surface area contributed by atoms with E-state index >= 15 is 0 Å². The van der Waals surface area contributed by atoms with Crippen LogP contribution in [-0.2, 0) is 15.7 Å². The summed E-state index contributed by atoms with van der Waals surface area (Å²) in [4.78, 5) is 10.8. The van der Waals surface area contributed by atoms with Gasteiger partial charge >= 0.3 is 0 Å². The van der Waals surface area contributed by atoms with Crippen LogP contribution in [0, 0.1) is 10.1 Å². The van der Waals surface area contributed by atoms with Gasteiger partial charge in [0.1, 0.15) is 15.9 Å². The average molecular weight is 298 g/mol. The van der Waals surface area contributed by atoms with Crippen molar-refractivity contribution in [2.45, 2.75) is 37.3 Å². The Kier molecular flexibility index (Phi) is 4.85. The molecule has 1 aromatic rings. The highest BCUT2D eigenvalue weighted by molar-refractivity contribution is 7.82. The first-order chi connectivity index (χ1) is 9.50. The standard InChI is InChI=1S/C13H18N2O4S/c1-10-9-19-11(2)7-8-14(10)20(18)13-6-4-3-5-12(13)15(16)17/h3-6,10-11H,7-9H2,1-2H3/t10?,11-,20?/m1/s1. The molecule has 6 nitrogen and oxygen atoms in total. The topological polar surface area (TPSA) is 72.7 Å². The lowest BCUT2D eigenvalue weighted by atomic mass is 10.3. The molecule has 1 aliphatic heterocycles. The molecule has 110 valence electrons. The van der Waals surface area contributed by atoms with Gasteiger partial charge in [0.05, 0.1) is 17.6 Å². The third-order valence-electron chi connectivity index (χ3n) is 3.33. The molecule has 3 atom stereocenters. The Labute approximate surface area is 120 Å². The minimum absolute atomic E-state index is 0.0411. The molecule has 2 rings (SSSR count). The van der Waals surface area contributed by atoms with Crippen molar-refractivity contribution < 1.29 is 13.9 Å². The highest BCUT2D eigenvalue weighted by Crippen LogP contribution is 2.26. The second-order valence-electron chi connectivity index (χ2n) is 4.90. The van der Waals surface area contributed by atoms with Crippen LogP contribution in [0.4, 0.5) is 5.69 Å². The maximum absolute atomic E-state index is 12.7. The summed E-state index contributed by atoms with van der Waals surface area (Å²) < 4.78 is 20.0. The molecular formula is C13H18N2O4S. The lowest BCUT2D eigenvalue weighted by Crippen LogP contribution is -2.36. The molecule has 7 heteroatoms. The summed E-state index contributed by atoms with van der Waals surface area (Å²) in [5.74, 6) is 0. The van der Waals surface area contributed by atoms with E-state index in [9.17, 15) is 14.3 Å². The van der Waals surface area contributed by atoms with Gasteiger partial charge in [-0.1, -0.05) is 12.1 Å². The van der Waals surface area contributed by atoms with E-state index in [1.165, 1.54) is 6.07 Å². The molecule has 0 saturated carbocycles. The lowest BCUT2D eigenvalue weighted by Gasteiger charge is -2.24. The van der Waals surface area contributed by atoms with Gasteiger partial charge in [0.2, 0.25) is 0 Å². The number of nitro groups is 1. The fraction of sp³-hybridized carbons (Fsp3) is 0.538. The minimum atomic E-state index is -1.55. The van der Waals surface area contributed by atoms with E-state index in [-0.39, 0.29) is 22.7 Å². The van der Waals surface area contributed by atoms with Crippen LogP contribution < -0.4 is 0 Å². The Balaban J connectivity index is 2.28. The quantitative estimate of drug-likeness (QED) is 0.633. The van der Waals surface area contributed by atoms with Gasteiger partial charge in [0.25, 0.3) is 5.69 Å². The van der Waals surface area contributed by atoms with E-state index in [2.05, 4.69) is 0 Å². The molecule has 0 bridgehead atoms. The molecule has 1 aromatic carbocycles. The summed E-state index contributed by atoms with van der Waals surface area (Å²) in [6, 6.07) is 6.14. The van der Waals surface area contributed by atoms with Crippen molar-refractivity contribution in [1.29, 1.82) is 0 Å². The van der Waals surface area contributed by atoms with Crippen LogP contribution in [0.25, 0.3) is 0 Å². The first kappa shape index (κ1) is 15.1. The summed E-state index contributed by atoms with van der Waals surface area (Å²) in [6.07, 6.45) is 0.877. The van der Waals surface area contributed by atoms with Crippen LogP contribution in [0.15, 0.2) is 29.2 Å². The predicted molar refractivity (Wildman–Crippen MR) is 75.7 cm³/mol. The highest BCUT2D eigenvalue weighted by Gasteiger charge is 2.29. The SMILES string of the molecule is CC1CO[C@H](C)CCN1S(=O)c1ccccc1[N+](=O)[O-]. The number of nitrogens with zero attached hydrogens (tertiary/aromatic N) is 2. The first-order valence-electron chi connectivity index (χ1n) is 6.54. The van der Waals surface area contributed by atoms with Gasteiger partial charge in [0.15, 0.2) is 0 Å². The average Bonchev–Trinajstić information content (AvgIpc) is 2.60. The van der Waals surface area contributed by atoms with Gasteiger partial charge in [-0.2, -0.15) is 0 Å². The van der Waals surface area contributed by atoms with E-state index < -0.39 is 15.9 Å². The highest BCUT2D eigenvalue weighted by atomic mass is 32.2. The van der Waals surface area contributed by atoms with Crippen LogP contribution >= 0.6 is 0 Å². The molecule has 20 heavy (non-hydrogen) atoms. The van der Waals surface area contributed by atoms with Crippen molar-refractivity contribution in [3.63, 3.8) is 0 Å². The molecule has 1 aliphatic rings. The Hall–Kier alpha value is -1.31. The number of para-hydroxylation sites is 1. The molecule has 0 amide bonds.